The van der Waals surface area contributed by atoms with Crippen LogP contribution in [0.15, 0.2) is 0 Å². The van der Waals surface area contributed by atoms with Gasteiger partial charge in [-0.15, -0.1) is 0 Å². The summed E-state index contributed by atoms with van der Waals surface area (Å²) in [7, 11) is 0.889. The number of carbonyl (C=O) groups excluding carboxylic acids is 1. The zero-order valence-electron chi connectivity index (χ0n) is 5.01. The van der Waals surface area contributed by atoms with E-state index in [1.165, 1.54) is 0 Å². The fraction of sp³-hybridized carbons (Fsp3) is 0.750. The fourth-order valence-electron chi connectivity index (χ4n) is 0.191. The first-order valence-corrected chi connectivity index (χ1v) is 2.24. The molecule has 0 aromatic rings. The predicted molar refractivity (Wildman–Crippen MR) is 24.4 cm³/mol. The minimum absolute atomic E-state index is 0.889. The Hall–Kier alpha value is -0.940. The van der Waals surface area contributed by atoms with Crippen molar-refractivity contribution in [2.45, 2.75) is 12.8 Å². The maximum absolute atomic E-state index is 11.7. The van der Waals surface area contributed by atoms with Crippen LogP contribution >= 0.6 is 0 Å². The predicted octanol–water partition coefficient (Wildman–Crippen LogP) is 1.33. The van der Waals surface area contributed by atoms with Crippen LogP contribution in [0.2, 0.25) is 0 Å². The lowest BCUT2D eigenvalue weighted by molar-refractivity contribution is -0.106. The summed E-state index contributed by atoms with van der Waals surface area (Å²) in [6, 6.07) is 0. The normalized spacial score (nSPS) is 12.9. The van der Waals surface area contributed by atoms with Crippen LogP contribution in [-0.4, -0.2) is 26.0 Å². The van der Waals surface area contributed by atoms with E-state index in [0.29, 0.717) is 0 Å². The third kappa shape index (κ3) is 3.16. The first-order chi connectivity index (χ1) is 4.57. The molecule has 0 radical (unpaired) electrons. The van der Waals surface area contributed by atoms with Gasteiger partial charge in [-0.05, 0) is 0 Å². The Labute approximate surface area is 54.7 Å². The number of carbonyl (C=O) groups is 1. The molecular weight excluding hydrogens is 153 g/mol. The third-order valence-electron chi connectivity index (χ3n) is 0.574. The monoisotopic (exact) mass is 158 g/mol. The fourth-order valence-corrected chi connectivity index (χ4v) is 0.191. The Balaban J connectivity index is 3.57. The van der Waals surface area contributed by atoms with Crippen molar-refractivity contribution in [3.05, 3.63) is 0 Å². The number of alkyl halides is 3. The van der Waals surface area contributed by atoms with Crippen molar-refractivity contribution in [2.24, 2.45) is 0 Å². The zero-order valence-corrected chi connectivity index (χ0v) is 5.01. The van der Waals surface area contributed by atoms with Crippen LogP contribution in [0.4, 0.5) is 18.0 Å². The Kier molecular flexibility index (Phi) is 3.60. The highest BCUT2D eigenvalue weighted by molar-refractivity contribution is 5.59. The molecule has 0 rings (SSSR count). The van der Waals surface area contributed by atoms with Gasteiger partial charge in [-0.1, -0.05) is 0 Å². The molecule has 0 aromatic carbocycles. The van der Waals surface area contributed by atoms with E-state index in [0.717, 1.165) is 7.11 Å². The minimum atomic E-state index is -3.33. The molecule has 0 fully saturated rings. The average Bonchev–Trinajstić information content (AvgIpc) is 1.87. The van der Waals surface area contributed by atoms with E-state index >= 15 is 0 Å². The van der Waals surface area contributed by atoms with Crippen molar-refractivity contribution in [3.63, 3.8) is 0 Å². The summed E-state index contributed by atoms with van der Waals surface area (Å²) in [5.74, 6) is 0. The highest BCUT2D eigenvalue weighted by Gasteiger charge is 2.23. The highest BCUT2D eigenvalue weighted by Crippen LogP contribution is 2.07. The van der Waals surface area contributed by atoms with Crippen molar-refractivity contribution in [2.75, 3.05) is 7.11 Å². The third-order valence-corrected chi connectivity index (χ3v) is 0.574. The average molecular weight is 158 g/mol. The Morgan fingerprint density at radius 2 is 1.90 bits per heavy atom. The smallest absolute Gasteiger partial charge is 0.438 e. The lowest BCUT2D eigenvalue weighted by atomic mass is 10.7. The first-order valence-electron chi connectivity index (χ1n) is 2.24. The van der Waals surface area contributed by atoms with Gasteiger partial charge in [0.1, 0.15) is 0 Å². The van der Waals surface area contributed by atoms with E-state index in [2.05, 4.69) is 9.47 Å². The van der Waals surface area contributed by atoms with Crippen LogP contribution in [0.25, 0.3) is 0 Å². The molecular formula is C4H5F3O3. The van der Waals surface area contributed by atoms with E-state index in [1.54, 1.807) is 0 Å². The standard InChI is InChI=1S/C4H5F3O3/c1-9-4(8)10-3(7)2(5)6/h2-3H,1H3. The Morgan fingerprint density at radius 3 is 2.20 bits per heavy atom. The largest absolute Gasteiger partial charge is 0.510 e. The van der Waals surface area contributed by atoms with E-state index in [1.807, 2.05) is 0 Å². The van der Waals surface area contributed by atoms with Gasteiger partial charge in [0.2, 0.25) is 0 Å². The van der Waals surface area contributed by atoms with Crippen LogP contribution in [0.1, 0.15) is 0 Å². The molecule has 0 aliphatic carbocycles. The van der Waals surface area contributed by atoms with Crippen LogP contribution in [0.3, 0.4) is 0 Å². The number of hydrogen-bond acceptors (Lipinski definition) is 3. The maximum Gasteiger partial charge on any atom is 0.510 e. The van der Waals surface area contributed by atoms with Crippen molar-refractivity contribution in [1.82, 2.24) is 0 Å². The van der Waals surface area contributed by atoms with E-state index in [4.69, 9.17) is 0 Å². The van der Waals surface area contributed by atoms with Gasteiger partial charge >= 0.3 is 18.9 Å². The molecule has 0 spiro atoms. The summed E-state index contributed by atoms with van der Waals surface area (Å²) >= 11 is 0. The molecule has 60 valence electrons. The summed E-state index contributed by atoms with van der Waals surface area (Å²) in [5, 5.41) is 0. The molecule has 10 heavy (non-hydrogen) atoms. The molecule has 0 saturated carbocycles. The topological polar surface area (TPSA) is 35.5 Å². The van der Waals surface area contributed by atoms with Crippen molar-refractivity contribution < 1.29 is 27.4 Å². The lowest BCUT2D eigenvalue weighted by Gasteiger charge is -2.05. The summed E-state index contributed by atoms with van der Waals surface area (Å²) < 4.78 is 41.2. The van der Waals surface area contributed by atoms with E-state index in [-0.39, 0.29) is 0 Å². The molecule has 1 unspecified atom stereocenters. The second-order valence-electron chi connectivity index (χ2n) is 1.26. The number of rotatable bonds is 2. The Bertz CT molecular complexity index is 116. The minimum Gasteiger partial charge on any atom is -0.438 e. The quantitative estimate of drug-likeness (QED) is 0.568. The van der Waals surface area contributed by atoms with Gasteiger partial charge in [0.25, 0.3) is 0 Å². The summed E-state index contributed by atoms with van der Waals surface area (Å²) in [6.07, 6.45) is -7.71. The molecule has 3 nitrogen and oxygen atoms in total. The van der Waals surface area contributed by atoms with Crippen molar-refractivity contribution in [1.29, 1.82) is 0 Å². The number of hydrogen-bond donors (Lipinski definition) is 0. The molecule has 0 aliphatic heterocycles. The second-order valence-corrected chi connectivity index (χ2v) is 1.26. The SMILES string of the molecule is COC(=O)OC(F)C(F)F. The molecule has 0 heterocycles. The van der Waals surface area contributed by atoms with Gasteiger partial charge in [0.15, 0.2) is 0 Å². The van der Waals surface area contributed by atoms with Gasteiger partial charge in [-0.3, -0.25) is 0 Å². The molecule has 1 atom stereocenters. The van der Waals surface area contributed by atoms with Gasteiger partial charge in [0, 0.05) is 0 Å². The van der Waals surface area contributed by atoms with Crippen LogP contribution in [0, 0.1) is 0 Å². The van der Waals surface area contributed by atoms with Crippen LogP contribution in [0.5, 0.6) is 0 Å². The highest BCUT2D eigenvalue weighted by atomic mass is 19.3. The molecule has 0 N–H and O–H groups in total. The van der Waals surface area contributed by atoms with Crippen molar-refractivity contribution >= 4 is 6.16 Å². The summed E-state index contributed by atoms with van der Waals surface area (Å²) in [5.41, 5.74) is 0. The number of methoxy groups -OCH3 is 1. The maximum atomic E-state index is 11.7. The van der Waals surface area contributed by atoms with Gasteiger partial charge in [-0.2, -0.15) is 4.39 Å². The molecule has 6 heteroatoms. The Morgan fingerprint density at radius 1 is 1.40 bits per heavy atom. The molecule has 0 aliphatic rings. The van der Waals surface area contributed by atoms with E-state index in [9.17, 15) is 18.0 Å². The number of halogens is 3. The molecule has 0 saturated heterocycles. The van der Waals surface area contributed by atoms with Crippen LogP contribution in [-0.2, 0) is 9.47 Å². The zero-order chi connectivity index (χ0) is 8.15. The summed E-state index contributed by atoms with van der Waals surface area (Å²) in [4.78, 5) is 9.91. The van der Waals surface area contributed by atoms with E-state index < -0.39 is 18.9 Å². The first kappa shape index (κ1) is 9.06. The molecule has 0 amide bonds. The summed E-state index contributed by atoms with van der Waals surface area (Å²) in [6.45, 7) is 0. The number of ether oxygens (including phenoxy) is 2. The van der Waals surface area contributed by atoms with Crippen LogP contribution < -0.4 is 0 Å². The van der Waals surface area contributed by atoms with Crippen molar-refractivity contribution in [3.8, 4) is 0 Å². The lowest BCUT2D eigenvalue weighted by Crippen LogP contribution is -2.20. The van der Waals surface area contributed by atoms with Gasteiger partial charge in [-0.25, -0.2) is 13.6 Å². The molecule has 0 aromatic heterocycles. The molecule has 0 bridgehead atoms. The van der Waals surface area contributed by atoms with Gasteiger partial charge < -0.3 is 9.47 Å². The second kappa shape index (κ2) is 3.97. The van der Waals surface area contributed by atoms with Gasteiger partial charge in [0.05, 0.1) is 7.11 Å².